The average Bonchev–Trinajstić information content (AvgIpc) is 3.36. The van der Waals surface area contributed by atoms with Gasteiger partial charge in [0.25, 0.3) is 0 Å². The molecule has 0 radical (unpaired) electrons. The van der Waals surface area contributed by atoms with Crippen LogP contribution in [-0.4, -0.2) is 55.0 Å². The summed E-state index contributed by atoms with van der Waals surface area (Å²) in [5, 5.41) is 3.58. The van der Waals surface area contributed by atoms with Gasteiger partial charge < -0.3 is 19.7 Å². The van der Waals surface area contributed by atoms with Gasteiger partial charge in [0.1, 0.15) is 12.1 Å². The summed E-state index contributed by atoms with van der Waals surface area (Å²) in [7, 11) is 0. The fourth-order valence-electron chi connectivity index (χ4n) is 2.49. The van der Waals surface area contributed by atoms with Gasteiger partial charge >= 0.3 is 0 Å². The molecule has 1 aromatic rings. The van der Waals surface area contributed by atoms with Gasteiger partial charge in [-0.3, -0.25) is 0 Å². The van der Waals surface area contributed by atoms with Crippen LogP contribution >= 0.6 is 0 Å². The summed E-state index contributed by atoms with van der Waals surface area (Å²) in [5.74, 6) is 1.59. The maximum Gasteiger partial charge on any atom is 0.218 e. The first-order valence-electron chi connectivity index (χ1n) is 7.89. The van der Waals surface area contributed by atoms with Gasteiger partial charge in [-0.15, -0.1) is 0 Å². The lowest BCUT2D eigenvalue weighted by Gasteiger charge is -2.36. The molecular formula is C15H24N4O2. The van der Waals surface area contributed by atoms with Crippen molar-refractivity contribution in [3.05, 3.63) is 12.4 Å². The Bertz CT molecular complexity index is 453. The molecule has 0 bridgehead atoms. The molecule has 1 N–H and O–H groups in total. The molecule has 6 heteroatoms. The van der Waals surface area contributed by atoms with Crippen molar-refractivity contribution in [1.29, 1.82) is 0 Å². The van der Waals surface area contributed by atoms with E-state index in [0.29, 0.717) is 24.6 Å². The minimum atomic E-state index is 0.327. The molecule has 1 unspecified atom stereocenters. The molecule has 116 valence electrons. The van der Waals surface area contributed by atoms with Gasteiger partial charge in [0, 0.05) is 25.2 Å². The van der Waals surface area contributed by atoms with Crippen molar-refractivity contribution in [2.24, 2.45) is 0 Å². The van der Waals surface area contributed by atoms with Crippen molar-refractivity contribution in [2.45, 2.75) is 38.3 Å². The van der Waals surface area contributed by atoms with E-state index in [9.17, 15) is 0 Å². The topological polar surface area (TPSA) is 59.5 Å². The monoisotopic (exact) mass is 292 g/mol. The van der Waals surface area contributed by atoms with Crippen molar-refractivity contribution >= 4 is 5.82 Å². The molecule has 0 aromatic carbocycles. The Balaban J connectivity index is 1.66. The number of anilines is 1. The first-order valence-corrected chi connectivity index (χ1v) is 7.89. The van der Waals surface area contributed by atoms with E-state index in [1.54, 1.807) is 6.33 Å². The minimum Gasteiger partial charge on any atom is -0.478 e. The fraction of sp³-hybridized carbons (Fsp3) is 0.733. The minimum absolute atomic E-state index is 0.327. The highest BCUT2D eigenvalue weighted by atomic mass is 16.5. The van der Waals surface area contributed by atoms with Crippen LogP contribution in [0.15, 0.2) is 12.4 Å². The van der Waals surface area contributed by atoms with Gasteiger partial charge in [0.15, 0.2) is 0 Å². The smallest absolute Gasteiger partial charge is 0.218 e. The van der Waals surface area contributed by atoms with Gasteiger partial charge in [-0.05, 0) is 19.3 Å². The molecule has 1 aliphatic heterocycles. The molecule has 1 aromatic heterocycles. The number of aromatic nitrogens is 2. The fourth-order valence-corrected chi connectivity index (χ4v) is 2.49. The van der Waals surface area contributed by atoms with Crippen molar-refractivity contribution in [1.82, 2.24) is 15.3 Å². The highest BCUT2D eigenvalue weighted by Crippen LogP contribution is 2.22. The van der Waals surface area contributed by atoms with Gasteiger partial charge in [-0.25, -0.2) is 9.97 Å². The molecule has 2 heterocycles. The van der Waals surface area contributed by atoms with Crippen molar-refractivity contribution < 1.29 is 9.47 Å². The summed E-state index contributed by atoms with van der Waals surface area (Å²) in [6, 6.07) is 2.97. The predicted octanol–water partition coefficient (Wildman–Crippen LogP) is 1.22. The average molecular weight is 292 g/mol. The van der Waals surface area contributed by atoms with Crippen LogP contribution in [0.4, 0.5) is 5.82 Å². The zero-order valence-electron chi connectivity index (χ0n) is 12.6. The third-order valence-electron chi connectivity index (χ3n) is 3.82. The van der Waals surface area contributed by atoms with E-state index < -0.39 is 0 Å². The number of nitrogens with zero attached hydrogens (tertiary/aromatic N) is 3. The van der Waals surface area contributed by atoms with Crippen LogP contribution < -0.4 is 15.0 Å². The Morgan fingerprint density at radius 2 is 2.33 bits per heavy atom. The second-order valence-electron chi connectivity index (χ2n) is 5.67. The Morgan fingerprint density at radius 1 is 1.43 bits per heavy atom. The number of rotatable bonds is 7. The largest absolute Gasteiger partial charge is 0.478 e. The highest BCUT2D eigenvalue weighted by molar-refractivity contribution is 5.42. The van der Waals surface area contributed by atoms with Crippen LogP contribution in [0.1, 0.15) is 26.2 Å². The number of ether oxygens (including phenoxy) is 2. The molecule has 1 saturated carbocycles. The highest BCUT2D eigenvalue weighted by Gasteiger charge is 2.27. The molecule has 3 rings (SSSR count). The molecular weight excluding hydrogens is 268 g/mol. The van der Waals surface area contributed by atoms with Crippen molar-refractivity contribution in [3.8, 4) is 5.88 Å². The first-order chi connectivity index (χ1) is 10.4. The Kier molecular flexibility index (Phi) is 4.87. The normalized spacial score (nSPS) is 22.3. The lowest BCUT2D eigenvalue weighted by Crippen LogP contribution is -2.51. The van der Waals surface area contributed by atoms with E-state index in [1.807, 2.05) is 6.07 Å². The summed E-state index contributed by atoms with van der Waals surface area (Å²) in [6.07, 6.45) is 5.16. The second-order valence-corrected chi connectivity index (χ2v) is 5.67. The number of hydrogen-bond donors (Lipinski definition) is 1. The maximum atomic E-state index is 5.63. The lowest BCUT2D eigenvalue weighted by atomic mass is 10.2. The molecule has 1 atom stereocenters. The Hall–Kier alpha value is -1.40. The molecule has 0 spiro atoms. The van der Waals surface area contributed by atoms with Crippen LogP contribution in [0, 0.1) is 0 Å². The standard InChI is InChI=1S/C15H24N4O2/c1-2-6-21-15-8-14(17-11-18-15)19-5-7-20-10-13(19)9-16-12-3-4-12/h8,11-13,16H,2-7,9-10H2,1H3. The summed E-state index contributed by atoms with van der Waals surface area (Å²) in [6.45, 7) is 6.07. The molecule has 2 fully saturated rings. The van der Waals surface area contributed by atoms with Gasteiger partial charge in [0.05, 0.1) is 25.9 Å². The van der Waals surface area contributed by atoms with Crippen molar-refractivity contribution in [3.63, 3.8) is 0 Å². The predicted molar refractivity (Wildman–Crippen MR) is 80.8 cm³/mol. The SMILES string of the molecule is CCCOc1cc(N2CCOCC2CNC2CC2)ncn1. The van der Waals surface area contributed by atoms with Crippen LogP contribution in [0.2, 0.25) is 0 Å². The number of morpholine rings is 1. The van der Waals surface area contributed by atoms with Crippen LogP contribution in [0.3, 0.4) is 0 Å². The Labute approximate surface area is 125 Å². The molecule has 6 nitrogen and oxygen atoms in total. The summed E-state index contributed by atoms with van der Waals surface area (Å²) in [4.78, 5) is 10.9. The molecule has 1 saturated heterocycles. The molecule has 1 aliphatic carbocycles. The zero-order valence-corrected chi connectivity index (χ0v) is 12.6. The van der Waals surface area contributed by atoms with E-state index >= 15 is 0 Å². The summed E-state index contributed by atoms with van der Waals surface area (Å²) < 4.78 is 11.2. The van der Waals surface area contributed by atoms with Crippen LogP contribution in [-0.2, 0) is 4.74 Å². The molecule has 0 amide bonds. The van der Waals surface area contributed by atoms with E-state index in [1.165, 1.54) is 12.8 Å². The third-order valence-corrected chi connectivity index (χ3v) is 3.82. The number of hydrogen-bond acceptors (Lipinski definition) is 6. The zero-order chi connectivity index (χ0) is 14.5. The molecule has 2 aliphatic rings. The van der Waals surface area contributed by atoms with Crippen LogP contribution in [0.5, 0.6) is 5.88 Å². The quantitative estimate of drug-likeness (QED) is 0.815. The van der Waals surface area contributed by atoms with E-state index in [-0.39, 0.29) is 0 Å². The van der Waals surface area contributed by atoms with E-state index in [2.05, 4.69) is 27.1 Å². The molecule has 21 heavy (non-hydrogen) atoms. The summed E-state index contributed by atoms with van der Waals surface area (Å²) in [5.41, 5.74) is 0. The van der Waals surface area contributed by atoms with Gasteiger partial charge in [-0.1, -0.05) is 6.92 Å². The number of nitrogens with one attached hydrogen (secondary N) is 1. The van der Waals surface area contributed by atoms with Gasteiger partial charge in [-0.2, -0.15) is 0 Å². The Morgan fingerprint density at radius 3 is 3.14 bits per heavy atom. The van der Waals surface area contributed by atoms with Crippen LogP contribution in [0.25, 0.3) is 0 Å². The van der Waals surface area contributed by atoms with Gasteiger partial charge in [0.2, 0.25) is 5.88 Å². The summed E-state index contributed by atoms with van der Waals surface area (Å²) >= 11 is 0. The maximum absolute atomic E-state index is 5.63. The third kappa shape index (κ3) is 4.04. The van der Waals surface area contributed by atoms with E-state index in [4.69, 9.17) is 9.47 Å². The lowest BCUT2D eigenvalue weighted by molar-refractivity contribution is 0.0932. The second kappa shape index (κ2) is 7.04. The van der Waals surface area contributed by atoms with E-state index in [0.717, 1.165) is 38.5 Å². The first kappa shape index (κ1) is 14.5. The van der Waals surface area contributed by atoms with Crippen molar-refractivity contribution in [2.75, 3.05) is 37.8 Å².